The third kappa shape index (κ3) is 3.92. The first kappa shape index (κ1) is 15.7. The fraction of sp³-hybridized carbons (Fsp3) is 0.333. The van der Waals surface area contributed by atoms with Gasteiger partial charge in [0.25, 0.3) is 0 Å². The van der Waals surface area contributed by atoms with Crippen molar-refractivity contribution in [2.45, 2.75) is 26.1 Å². The number of rotatable bonds is 6. The maximum absolute atomic E-state index is 6.61. The molecule has 0 heterocycles. The molecule has 21 heavy (non-hydrogen) atoms. The average molecular weight is 305 g/mol. The molecule has 0 spiro atoms. The van der Waals surface area contributed by atoms with Crippen LogP contribution < -0.4 is 9.47 Å². The van der Waals surface area contributed by atoms with Crippen molar-refractivity contribution < 1.29 is 9.47 Å². The van der Waals surface area contributed by atoms with Crippen molar-refractivity contribution >= 4 is 11.6 Å². The second-order valence-corrected chi connectivity index (χ2v) is 5.29. The number of halogens is 1. The fourth-order valence-corrected chi connectivity index (χ4v) is 2.52. The zero-order chi connectivity index (χ0) is 15.2. The van der Waals surface area contributed by atoms with Crippen LogP contribution in [0, 0.1) is 6.92 Å². The van der Waals surface area contributed by atoms with Crippen molar-refractivity contribution in [1.29, 1.82) is 0 Å². The molecule has 1 unspecified atom stereocenters. The van der Waals surface area contributed by atoms with Crippen LogP contribution in [0.2, 0.25) is 0 Å². The Morgan fingerprint density at radius 2 is 1.57 bits per heavy atom. The Balaban J connectivity index is 2.32. The van der Waals surface area contributed by atoms with E-state index in [2.05, 4.69) is 19.1 Å². The lowest BCUT2D eigenvalue weighted by molar-refractivity contribution is 0.287. The number of benzene rings is 2. The van der Waals surface area contributed by atoms with E-state index in [9.17, 15) is 0 Å². The van der Waals surface area contributed by atoms with E-state index in [4.69, 9.17) is 21.1 Å². The van der Waals surface area contributed by atoms with Crippen LogP contribution in [-0.2, 0) is 0 Å². The van der Waals surface area contributed by atoms with Gasteiger partial charge in [-0.3, -0.25) is 0 Å². The topological polar surface area (TPSA) is 18.5 Å². The molecule has 0 aliphatic rings. The van der Waals surface area contributed by atoms with Gasteiger partial charge >= 0.3 is 0 Å². The Kier molecular flexibility index (Phi) is 5.51. The van der Waals surface area contributed by atoms with E-state index < -0.39 is 0 Å². The zero-order valence-corrected chi connectivity index (χ0v) is 13.5. The molecule has 0 aromatic heterocycles. The fourth-order valence-electron chi connectivity index (χ4n) is 2.25. The third-order valence-electron chi connectivity index (χ3n) is 3.19. The summed E-state index contributed by atoms with van der Waals surface area (Å²) in [5.41, 5.74) is 3.30. The quantitative estimate of drug-likeness (QED) is 0.690. The Bertz CT molecular complexity index is 596. The first-order valence-corrected chi connectivity index (χ1v) is 7.69. The average Bonchev–Trinajstić information content (AvgIpc) is 2.49. The molecule has 1 atom stereocenters. The van der Waals surface area contributed by atoms with E-state index in [1.165, 1.54) is 5.56 Å². The first-order valence-electron chi connectivity index (χ1n) is 7.25. The molecule has 0 aliphatic carbocycles. The summed E-state index contributed by atoms with van der Waals surface area (Å²) in [5, 5.41) is -0.195. The molecule has 0 bridgehead atoms. The number of aryl methyl sites for hydroxylation is 1. The van der Waals surface area contributed by atoms with E-state index in [1.807, 2.05) is 44.2 Å². The van der Waals surface area contributed by atoms with Crippen LogP contribution in [0.4, 0.5) is 0 Å². The smallest absolute Gasteiger partial charge is 0.161 e. The van der Waals surface area contributed by atoms with Gasteiger partial charge < -0.3 is 9.47 Å². The maximum atomic E-state index is 6.61. The highest BCUT2D eigenvalue weighted by molar-refractivity contribution is 6.22. The Morgan fingerprint density at radius 3 is 2.24 bits per heavy atom. The van der Waals surface area contributed by atoms with Gasteiger partial charge in [0.05, 0.1) is 18.6 Å². The molecule has 0 saturated carbocycles. The minimum Gasteiger partial charge on any atom is -0.490 e. The molecule has 2 aromatic rings. The number of hydrogen-bond acceptors (Lipinski definition) is 2. The third-order valence-corrected chi connectivity index (χ3v) is 3.70. The van der Waals surface area contributed by atoms with E-state index in [1.54, 1.807) is 0 Å². The molecule has 2 aromatic carbocycles. The molecule has 0 saturated heterocycles. The summed E-state index contributed by atoms with van der Waals surface area (Å²) in [6.07, 6.45) is 0. The van der Waals surface area contributed by atoms with Gasteiger partial charge in [-0.15, -0.1) is 11.6 Å². The summed E-state index contributed by atoms with van der Waals surface area (Å²) in [4.78, 5) is 0. The molecule has 2 nitrogen and oxygen atoms in total. The second-order valence-electron chi connectivity index (χ2n) is 4.85. The lowest BCUT2D eigenvalue weighted by Crippen LogP contribution is -2.01. The summed E-state index contributed by atoms with van der Waals surface area (Å²) < 4.78 is 11.2. The Labute approximate surface area is 131 Å². The normalized spacial score (nSPS) is 12.0. The molecule has 3 heteroatoms. The minimum absolute atomic E-state index is 0.195. The van der Waals surface area contributed by atoms with Crippen molar-refractivity contribution in [1.82, 2.24) is 0 Å². The highest BCUT2D eigenvalue weighted by Crippen LogP contribution is 2.35. The molecule has 2 rings (SSSR count). The van der Waals surface area contributed by atoms with Crippen LogP contribution in [0.5, 0.6) is 11.5 Å². The largest absolute Gasteiger partial charge is 0.490 e. The van der Waals surface area contributed by atoms with E-state index >= 15 is 0 Å². The van der Waals surface area contributed by atoms with Crippen LogP contribution in [0.15, 0.2) is 42.5 Å². The molecule has 0 radical (unpaired) electrons. The van der Waals surface area contributed by atoms with Crippen molar-refractivity contribution in [3.63, 3.8) is 0 Å². The summed E-state index contributed by atoms with van der Waals surface area (Å²) in [5.74, 6) is 1.51. The first-order chi connectivity index (χ1) is 10.2. The van der Waals surface area contributed by atoms with Crippen LogP contribution in [0.1, 0.15) is 35.9 Å². The summed E-state index contributed by atoms with van der Waals surface area (Å²) in [6.45, 7) is 7.20. The van der Waals surface area contributed by atoms with E-state index in [-0.39, 0.29) is 5.38 Å². The zero-order valence-electron chi connectivity index (χ0n) is 12.7. The molecule has 112 valence electrons. The SMILES string of the molecule is CCOc1ccc(C(Cl)c2cccc(C)c2)cc1OCC. The van der Waals surface area contributed by atoms with Gasteiger partial charge in [-0.25, -0.2) is 0 Å². The molecule has 0 N–H and O–H groups in total. The maximum Gasteiger partial charge on any atom is 0.161 e. The number of ether oxygens (including phenoxy) is 2. The monoisotopic (exact) mass is 304 g/mol. The highest BCUT2D eigenvalue weighted by atomic mass is 35.5. The second kappa shape index (κ2) is 7.37. The molecular weight excluding hydrogens is 284 g/mol. The van der Waals surface area contributed by atoms with Crippen LogP contribution in [0.25, 0.3) is 0 Å². The van der Waals surface area contributed by atoms with E-state index in [0.717, 1.165) is 22.6 Å². The standard InChI is InChI=1S/C18H21ClO2/c1-4-20-16-10-9-15(12-17(16)21-5-2)18(19)14-8-6-7-13(3)11-14/h6-12,18H,4-5H2,1-3H3. The van der Waals surface area contributed by atoms with Crippen molar-refractivity contribution in [3.8, 4) is 11.5 Å². The predicted octanol–water partition coefficient (Wildman–Crippen LogP) is 5.12. The van der Waals surface area contributed by atoms with Gasteiger partial charge in [-0.2, -0.15) is 0 Å². The summed E-state index contributed by atoms with van der Waals surface area (Å²) >= 11 is 6.61. The van der Waals surface area contributed by atoms with Crippen molar-refractivity contribution in [3.05, 3.63) is 59.2 Å². The van der Waals surface area contributed by atoms with Crippen molar-refractivity contribution in [2.24, 2.45) is 0 Å². The van der Waals surface area contributed by atoms with Crippen molar-refractivity contribution in [2.75, 3.05) is 13.2 Å². The molecular formula is C18H21ClO2. The lowest BCUT2D eigenvalue weighted by atomic mass is 10.0. The van der Waals surface area contributed by atoms with E-state index in [0.29, 0.717) is 13.2 Å². The van der Waals surface area contributed by atoms with Gasteiger partial charge in [0.15, 0.2) is 11.5 Å². The lowest BCUT2D eigenvalue weighted by Gasteiger charge is -2.15. The van der Waals surface area contributed by atoms with Gasteiger partial charge in [0, 0.05) is 0 Å². The van der Waals surface area contributed by atoms with Gasteiger partial charge in [-0.1, -0.05) is 35.9 Å². The number of alkyl halides is 1. The molecule has 0 fully saturated rings. The van der Waals surface area contributed by atoms with Gasteiger partial charge in [0.1, 0.15) is 0 Å². The molecule has 0 aliphatic heterocycles. The summed E-state index contributed by atoms with van der Waals surface area (Å²) in [6, 6.07) is 14.1. The summed E-state index contributed by atoms with van der Waals surface area (Å²) in [7, 11) is 0. The minimum atomic E-state index is -0.195. The number of hydrogen-bond donors (Lipinski definition) is 0. The van der Waals surface area contributed by atoms with Crippen LogP contribution >= 0.6 is 11.6 Å². The Hall–Kier alpha value is -1.67. The van der Waals surface area contributed by atoms with Gasteiger partial charge in [0.2, 0.25) is 0 Å². The predicted molar refractivity (Wildman–Crippen MR) is 87.7 cm³/mol. The van der Waals surface area contributed by atoms with Crippen LogP contribution in [-0.4, -0.2) is 13.2 Å². The Morgan fingerprint density at radius 1 is 0.905 bits per heavy atom. The highest BCUT2D eigenvalue weighted by Gasteiger charge is 2.14. The molecule has 0 amide bonds. The van der Waals surface area contributed by atoms with Gasteiger partial charge in [-0.05, 0) is 44.0 Å². The van der Waals surface area contributed by atoms with Crippen LogP contribution in [0.3, 0.4) is 0 Å².